The summed E-state index contributed by atoms with van der Waals surface area (Å²) in [5, 5.41) is 0.0820. The van der Waals surface area contributed by atoms with Crippen LogP contribution in [0.1, 0.15) is 48.8 Å². The van der Waals surface area contributed by atoms with Crippen LogP contribution in [0.2, 0.25) is 0 Å². The second-order valence-corrected chi connectivity index (χ2v) is 10.8. The summed E-state index contributed by atoms with van der Waals surface area (Å²) in [6.07, 6.45) is 1.50. The highest BCUT2D eigenvalue weighted by atomic mass is 32.2. The smallest absolute Gasteiger partial charge is 0.235 e. The van der Waals surface area contributed by atoms with E-state index in [0.717, 1.165) is 23.5 Å². The van der Waals surface area contributed by atoms with Crippen molar-refractivity contribution < 1.29 is 21.6 Å². The van der Waals surface area contributed by atoms with Crippen LogP contribution in [0.3, 0.4) is 0 Å². The third kappa shape index (κ3) is 4.08. The molecule has 0 radical (unpaired) electrons. The molecule has 1 aliphatic rings. The number of nitrogens with zero attached hydrogens (tertiary/aromatic N) is 2. The van der Waals surface area contributed by atoms with E-state index in [9.17, 15) is 21.6 Å². The molecule has 33 heavy (non-hydrogen) atoms. The number of para-hydroxylation sites is 1. The minimum absolute atomic E-state index is 0.0479. The largest absolute Gasteiger partial charge is 0.418 e. The average Bonchev–Trinajstić information content (AvgIpc) is 2.77. The maximum atomic E-state index is 13.8. The van der Waals surface area contributed by atoms with Crippen molar-refractivity contribution in [3.05, 3.63) is 89.4 Å². The van der Waals surface area contributed by atoms with Crippen LogP contribution in [0.5, 0.6) is 0 Å². The Hall–Kier alpha value is -3.00. The van der Waals surface area contributed by atoms with Gasteiger partial charge in [-0.15, -0.1) is 0 Å². The number of rotatable bonds is 4. The number of aromatic nitrogens is 2. The fraction of sp³-hybridized carbons (Fsp3) is 0.280. The topological polar surface area (TPSA) is 59.9 Å². The van der Waals surface area contributed by atoms with Crippen LogP contribution in [0, 0.1) is 0 Å². The maximum absolute atomic E-state index is 13.8. The third-order valence-corrected chi connectivity index (χ3v) is 7.69. The van der Waals surface area contributed by atoms with Gasteiger partial charge in [-0.2, -0.15) is 13.2 Å². The van der Waals surface area contributed by atoms with Gasteiger partial charge in [-0.1, -0.05) is 74.5 Å². The minimum atomic E-state index is -4.64. The number of halogens is 3. The Labute approximate surface area is 190 Å². The summed E-state index contributed by atoms with van der Waals surface area (Å²) < 4.78 is 66.5. The highest BCUT2D eigenvalue weighted by Crippen LogP contribution is 2.46. The molecule has 0 amide bonds. The molecule has 0 bridgehead atoms. The average molecular weight is 473 g/mol. The van der Waals surface area contributed by atoms with Gasteiger partial charge in [0.15, 0.2) is 9.84 Å². The Morgan fingerprint density at radius 2 is 1.70 bits per heavy atom. The fourth-order valence-corrected chi connectivity index (χ4v) is 5.39. The van der Waals surface area contributed by atoms with E-state index in [1.807, 2.05) is 36.4 Å². The van der Waals surface area contributed by atoms with E-state index in [-0.39, 0.29) is 34.8 Å². The normalized spacial score (nSPS) is 19.2. The van der Waals surface area contributed by atoms with E-state index >= 15 is 0 Å². The Balaban J connectivity index is 2.06. The Morgan fingerprint density at radius 1 is 1.00 bits per heavy atom. The number of sulfone groups is 1. The first-order valence-corrected chi connectivity index (χ1v) is 12.3. The molecule has 2 aromatic carbocycles. The molecule has 0 aliphatic heterocycles. The number of benzene rings is 2. The Kier molecular flexibility index (Phi) is 5.68. The summed E-state index contributed by atoms with van der Waals surface area (Å²) in [5.41, 5.74) is 0.475. The predicted molar refractivity (Wildman–Crippen MR) is 123 cm³/mol. The highest BCUT2D eigenvalue weighted by Gasteiger charge is 2.46. The Morgan fingerprint density at radius 3 is 2.30 bits per heavy atom. The van der Waals surface area contributed by atoms with Crippen molar-refractivity contribution >= 4 is 26.3 Å². The second kappa shape index (κ2) is 8.09. The predicted octanol–water partition coefficient (Wildman–Crippen LogP) is 6.06. The SMILES string of the molecule is CC(C)c1nc(C2(S(C)(=O)=O)C=CC=C(c3ccccc3)C2)c2cccc(C(F)(F)F)c2n1. The third-order valence-electron chi connectivity index (χ3n) is 5.89. The lowest BCUT2D eigenvalue weighted by atomic mass is 9.85. The maximum Gasteiger partial charge on any atom is 0.418 e. The van der Waals surface area contributed by atoms with Crippen LogP contribution in [0.4, 0.5) is 13.2 Å². The molecule has 4 nitrogen and oxygen atoms in total. The molecule has 172 valence electrons. The zero-order valence-electron chi connectivity index (χ0n) is 18.4. The van der Waals surface area contributed by atoms with Gasteiger partial charge in [0.05, 0.1) is 16.8 Å². The van der Waals surface area contributed by atoms with Gasteiger partial charge in [0.1, 0.15) is 10.6 Å². The van der Waals surface area contributed by atoms with Crippen LogP contribution in [-0.4, -0.2) is 24.6 Å². The van der Waals surface area contributed by atoms with Gasteiger partial charge in [0, 0.05) is 24.0 Å². The van der Waals surface area contributed by atoms with Crippen molar-refractivity contribution in [3.8, 4) is 0 Å². The van der Waals surface area contributed by atoms with Gasteiger partial charge >= 0.3 is 6.18 Å². The first-order chi connectivity index (χ1) is 15.4. The molecule has 1 atom stereocenters. The molecule has 1 heterocycles. The van der Waals surface area contributed by atoms with Gasteiger partial charge in [0.25, 0.3) is 0 Å². The molecule has 1 aliphatic carbocycles. The summed E-state index contributed by atoms with van der Waals surface area (Å²) in [6.45, 7) is 3.53. The molecule has 1 aromatic heterocycles. The van der Waals surface area contributed by atoms with Gasteiger partial charge < -0.3 is 0 Å². The standard InChI is InChI=1S/C25H23F3N2O2S/c1-16(2)23-29-21-19(12-7-13-20(21)25(26,27)28)22(30-23)24(33(3,31)32)14-8-11-18(15-24)17-9-5-4-6-10-17/h4-14,16H,15H2,1-3H3. The van der Waals surface area contributed by atoms with Crippen molar-refractivity contribution in [3.63, 3.8) is 0 Å². The number of hydrogen-bond donors (Lipinski definition) is 0. The number of fused-ring (bicyclic) bond motifs is 1. The molecule has 0 saturated heterocycles. The minimum Gasteiger partial charge on any atom is -0.235 e. The quantitative estimate of drug-likeness (QED) is 0.463. The lowest BCUT2D eigenvalue weighted by molar-refractivity contribution is -0.136. The summed E-state index contributed by atoms with van der Waals surface area (Å²) in [5.74, 6) is -0.135. The molecule has 3 aromatic rings. The summed E-state index contributed by atoms with van der Waals surface area (Å²) in [6, 6.07) is 13.0. The fourth-order valence-electron chi connectivity index (χ4n) is 4.14. The molecular weight excluding hydrogens is 449 g/mol. The van der Waals surface area contributed by atoms with E-state index in [0.29, 0.717) is 0 Å². The van der Waals surface area contributed by atoms with E-state index in [1.54, 1.807) is 19.9 Å². The van der Waals surface area contributed by atoms with Gasteiger partial charge in [-0.05, 0) is 17.2 Å². The second-order valence-electron chi connectivity index (χ2n) is 8.54. The molecule has 0 spiro atoms. The summed E-state index contributed by atoms with van der Waals surface area (Å²) >= 11 is 0. The van der Waals surface area contributed by atoms with E-state index in [2.05, 4.69) is 9.97 Å². The van der Waals surface area contributed by atoms with E-state index < -0.39 is 26.3 Å². The van der Waals surface area contributed by atoms with Crippen molar-refractivity contribution in [2.24, 2.45) is 0 Å². The first kappa shape index (κ1) is 23.2. The monoisotopic (exact) mass is 472 g/mol. The molecule has 0 N–H and O–H groups in total. The molecule has 4 rings (SSSR count). The molecule has 8 heteroatoms. The number of alkyl halides is 3. The van der Waals surface area contributed by atoms with Crippen LogP contribution in [0.15, 0.2) is 66.8 Å². The van der Waals surface area contributed by atoms with Crippen molar-refractivity contribution in [2.75, 3.05) is 6.26 Å². The van der Waals surface area contributed by atoms with Crippen LogP contribution >= 0.6 is 0 Å². The molecule has 0 fully saturated rings. The summed E-state index contributed by atoms with van der Waals surface area (Å²) in [7, 11) is -3.86. The molecule has 1 unspecified atom stereocenters. The summed E-state index contributed by atoms with van der Waals surface area (Å²) in [4.78, 5) is 8.80. The van der Waals surface area contributed by atoms with E-state index in [4.69, 9.17) is 0 Å². The van der Waals surface area contributed by atoms with Crippen LogP contribution in [-0.2, 0) is 20.8 Å². The zero-order valence-corrected chi connectivity index (χ0v) is 19.2. The zero-order chi connectivity index (χ0) is 24.0. The van der Waals surface area contributed by atoms with Gasteiger partial charge in [-0.3, -0.25) is 0 Å². The van der Waals surface area contributed by atoms with Crippen LogP contribution in [0.25, 0.3) is 16.5 Å². The van der Waals surface area contributed by atoms with Gasteiger partial charge in [-0.25, -0.2) is 18.4 Å². The molecule has 0 saturated carbocycles. The lowest BCUT2D eigenvalue weighted by Crippen LogP contribution is -2.36. The number of allylic oxidation sites excluding steroid dienone is 3. The van der Waals surface area contributed by atoms with E-state index in [1.165, 1.54) is 18.2 Å². The van der Waals surface area contributed by atoms with Crippen molar-refractivity contribution in [1.29, 1.82) is 0 Å². The number of hydrogen-bond acceptors (Lipinski definition) is 4. The first-order valence-electron chi connectivity index (χ1n) is 10.5. The van der Waals surface area contributed by atoms with Crippen molar-refractivity contribution in [2.45, 2.75) is 37.1 Å². The molecular formula is C25H23F3N2O2S. The van der Waals surface area contributed by atoms with Crippen LogP contribution < -0.4 is 0 Å². The van der Waals surface area contributed by atoms with Gasteiger partial charge in [0.2, 0.25) is 0 Å². The highest BCUT2D eigenvalue weighted by molar-refractivity contribution is 7.91. The Bertz CT molecular complexity index is 1380. The lowest BCUT2D eigenvalue weighted by Gasteiger charge is -2.33. The van der Waals surface area contributed by atoms with Crippen molar-refractivity contribution in [1.82, 2.24) is 9.97 Å².